The number of hydrogen-bond donors (Lipinski definition) is 4. The lowest BCUT2D eigenvalue weighted by atomic mass is 10.0. The maximum absolute atomic E-state index is 12.4. The molecule has 0 atom stereocenters. The van der Waals surface area contributed by atoms with Crippen molar-refractivity contribution < 1.29 is 14.4 Å². The standard InChI is InChI=1S/C24H24N4O3S/c1-2-6-21(29)25-19-13-11-17(12-14-19)23(31)27-28-24(32)26-22(30)15-18-9-5-8-16-7-3-4-10-20(16)18/h3-5,7-14H,2,6,15H2,1H3,(H,25,29)(H,27,31)(H2,26,28,30,32). The van der Waals surface area contributed by atoms with Crippen molar-refractivity contribution in [1.82, 2.24) is 16.2 Å². The first kappa shape index (κ1) is 22.9. The van der Waals surface area contributed by atoms with Gasteiger partial charge in [-0.3, -0.25) is 25.2 Å². The summed E-state index contributed by atoms with van der Waals surface area (Å²) in [4.78, 5) is 36.3. The van der Waals surface area contributed by atoms with E-state index in [9.17, 15) is 14.4 Å². The van der Waals surface area contributed by atoms with E-state index in [2.05, 4.69) is 21.5 Å². The minimum atomic E-state index is -0.429. The monoisotopic (exact) mass is 448 g/mol. The lowest BCUT2D eigenvalue weighted by Crippen LogP contribution is -2.48. The fraction of sp³-hybridized carbons (Fsp3) is 0.167. The molecular formula is C24H24N4O3S. The highest BCUT2D eigenvalue weighted by Crippen LogP contribution is 2.18. The molecule has 4 N–H and O–H groups in total. The van der Waals surface area contributed by atoms with Gasteiger partial charge >= 0.3 is 0 Å². The van der Waals surface area contributed by atoms with Crippen LogP contribution in [0.2, 0.25) is 0 Å². The van der Waals surface area contributed by atoms with Crippen molar-refractivity contribution in [2.24, 2.45) is 0 Å². The molecule has 0 spiro atoms. The summed E-state index contributed by atoms with van der Waals surface area (Å²) in [6.07, 6.45) is 1.36. The Balaban J connectivity index is 1.48. The van der Waals surface area contributed by atoms with Gasteiger partial charge in [-0.25, -0.2) is 0 Å². The number of rotatable bonds is 6. The SMILES string of the molecule is CCCC(=O)Nc1ccc(C(=O)NNC(=S)NC(=O)Cc2cccc3ccccc23)cc1. The zero-order chi connectivity index (χ0) is 22.9. The number of carbonyl (C=O) groups excluding carboxylic acids is 3. The molecule has 0 bridgehead atoms. The van der Waals surface area contributed by atoms with Crippen LogP contribution in [0.3, 0.4) is 0 Å². The Bertz CT molecular complexity index is 1140. The van der Waals surface area contributed by atoms with Gasteiger partial charge in [-0.15, -0.1) is 0 Å². The van der Waals surface area contributed by atoms with E-state index in [-0.39, 0.29) is 23.3 Å². The zero-order valence-electron chi connectivity index (χ0n) is 17.6. The fourth-order valence-electron chi connectivity index (χ4n) is 3.16. The Labute approximate surface area is 191 Å². The zero-order valence-corrected chi connectivity index (χ0v) is 18.4. The van der Waals surface area contributed by atoms with Crippen LogP contribution in [0.15, 0.2) is 66.7 Å². The van der Waals surface area contributed by atoms with Crippen LogP contribution in [0.1, 0.15) is 35.7 Å². The van der Waals surface area contributed by atoms with Crippen LogP contribution in [0.4, 0.5) is 5.69 Å². The van der Waals surface area contributed by atoms with Gasteiger partial charge < -0.3 is 10.6 Å². The van der Waals surface area contributed by atoms with Gasteiger partial charge in [-0.2, -0.15) is 0 Å². The van der Waals surface area contributed by atoms with E-state index in [1.807, 2.05) is 49.4 Å². The summed E-state index contributed by atoms with van der Waals surface area (Å²) in [5.74, 6) is -0.793. The van der Waals surface area contributed by atoms with E-state index in [0.29, 0.717) is 17.7 Å². The molecule has 32 heavy (non-hydrogen) atoms. The number of hydrazine groups is 1. The number of carbonyl (C=O) groups is 3. The number of fused-ring (bicyclic) bond motifs is 1. The number of nitrogens with one attached hydrogen (secondary N) is 4. The highest BCUT2D eigenvalue weighted by atomic mass is 32.1. The lowest BCUT2D eigenvalue weighted by Gasteiger charge is -2.12. The van der Waals surface area contributed by atoms with Crippen LogP contribution in [0, 0.1) is 0 Å². The Morgan fingerprint density at radius 3 is 2.31 bits per heavy atom. The number of thiocarbonyl (C=S) groups is 1. The summed E-state index contributed by atoms with van der Waals surface area (Å²) in [6, 6.07) is 20.1. The first-order valence-electron chi connectivity index (χ1n) is 10.2. The molecule has 0 radical (unpaired) electrons. The third kappa shape index (κ3) is 6.36. The van der Waals surface area contributed by atoms with Crippen molar-refractivity contribution in [1.29, 1.82) is 0 Å². The van der Waals surface area contributed by atoms with E-state index >= 15 is 0 Å². The second-order valence-corrected chi connectivity index (χ2v) is 7.56. The van der Waals surface area contributed by atoms with Gasteiger partial charge in [0, 0.05) is 17.7 Å². The molecule has 3 aromatic rings. The molecule has 0 heterocycles. The Kier molecular flexibility index (Phi) is 7.88. The maximum Gasteiger partial charge on any atom is 0.269 e. The van der Waals surface area contributed by atoms with Crippen molar-refractivity contribution in [2.45, 2.75) is 26.2 Å². The molecule has 0 aromatic heterocycles. The molecule has 164 valence electrons. The lowest BCUT2D eigenvalue weighted by molar-refractivity contribution is -0.119. The van der Waals surface area contributed by atoms with Crippen molar-refractivity contribution in [2.75, 3.05) is 5.32 Å². The summed E-state index contributed by atoms with van der Waals surface area (Å²) >= 11 is 5.10. The van der Waals surface area contributed by atoms with Crippen LogP contribution < -0.4 is 21.5 Å². The number of hydrogen-bond acceptors (Lipinski definition) is 4. The molecule has 0 aliphatic carbocycles. The summed E-state index contributed by atoms with van der Waals surface area (Å²) in [7, 11) is 0. The van der Waals surface area contributed by atoms with E-state index in [0.717, 1.165) is 22.8 Å². The Hall–Kier alpha value is -3.78. The number of anilines is 1. The first-order chi connectivity index (χ1) is 15.5. The Morgan fingerprint density at radius 1 is 0.844 bits per heavy atom. The van der Waals surface area contributed by atoms with Crippen LogP contribution in [-0.4, -0.2) is 22.8 Å². The Morgan fingerprint density at radius 2 is 1.56 bits per heavy atom. The molecule has 0 aliphatic rings. The average molecular weight is 449 g/mol. The molecule has 7 nitrogen and oxygen atoms in total. The van der Waals surface area contributed by atoms with E-state index in [4.69, 9.17) is 12.2 Å². The predicted molar refractivity (Wildman–Crippen MR) is 129 cm³/mol. The third-order valence-corrected chi connectivity index (χ3v) is 4.89. The molecule has 3 amide bonds. The molecule has 0 aliphatic heterocycles. The van der Waals surface area contributed by atoms with Crippen LogP contribution in [0.5, 0.6) is 0 Å². The topological polar surface area (TPSA) is 99.3 Å². The van der Waals surface area contributed by atoms with Crippen LogP contribution in [0.25, 0.3) is 10.8 Å². The van der Waals surface area contributed by atoms with Gasteiger partial charge in [0.05, 0.1) is 6.42 Å². The van der Waals surface area contributed by atoms with Gasteiger partial charge in [0.2, 0.25) is 11.8 Å². The first-order valence-corrected chi connectivity index (χ1v) is 10.6. The molecule has 3 rings (SSSR count). The quantitative estimate of drug-likeness (QED) is 0.342. The number of amides is 3. The molecule has 0 saturated heterocycles. The van der Waals surface area contributed by atoms with E-state index in [1.165, 1.54) is 0 Å². The summed E-state index contributed by atoms with van der Waals surface area (Å²) in [5.41, 5.74) is 6.85. The van der Waals surface area contributed by atoms with Crippen LogP contribution in [-0.2, 0) is 16.0 Å². The van der Waals surface area contributed by atoms with Gasteiger partial charge in [0.15, 0.2) is 5.11 Å². The van der Waals surface area contributed by atoms with Gasteiger partial charge in [-0.1, -0.05) is 49.4 Å². The molecule has 3 aromatic carbocycles. The van der Waals surface area contributed by atoms with Crippen molar-refractivity contribution >= 4 is 51.5 Å². The third-order valence-electron chi connectivity index (χ3n) is 4.68. The van der Waals surface area contributed by atoms with Gasteiger partial charge in [0.25, 0.3) is 5.91 Å². The maximum atomic E-state index is 12.4. The number of benzene rings is 3. The van der Waals surface area contributed by atoms with E-state index < -0.39 is 5.91 Å². The minimum absolute atomic E-state index is 0.00737. The normalized spacial score (nSPS) is 10.3. The smallest absolute Gasteiger partial charge is 0.269 e. The summed E-state index contributed by atoms with van der Waals surface area (Å²) in [6.45, 7) is 1.93. The largest absolute Gasteiger partial charge is 0.326 e. The van der Waals surface area contributed by atoms with Crippen molar-refractivity contribution in [3.8, 4) is 0 Å². The second kappa shape index (κ2) is 11.0. The fourth-order valence-corrected chi connectivity index (χ4v) is 3.33. The second-order valence-electron chi connectivity index (χ2n) is 7.15. The van der Waals surface area contributed by atoms with Gasteiger partial charge in [-0.05, 0) is 59.2 Å². The molecule has 0 saturated carbocycles. The highest BCUT2D eigenvalue weighted by Gasteiger charge is 2.10. The molecular weight excluding hydrogens is 424 g/mol. The van der Waals surface area contributed by atoms with Crippen molar-refractivity contribution in [3.05, 3.63) is 77.9 Å². The highest BCUT2D eigenvalue weighted by molar-refractivity contribution is 7.80. The van der Waals surface area contributed by atoms with Gasteiger partial charge in [0.1, 0.15) is 0 Å². The van der Waals surface area contributed by atoms with Crippen LogP contribution >= 0.6 is 12.2 Å². The summed E-state index contributed by atoms with van der Waals surface area (Å²) in [5, 5.41) is 7.37. The molecule has 0 fully saturated rings. The summed E-state index contributed by atoms with van der Waals surface area (Å²) < 4.78 is 0. The minimum Gasteiger partial charge on any atom is -0.326 e. The van der Waals surface area contributed by atoms with E-state index in [1.54, 1.807) is 24.3 Å². The predicted octanol–water partition coefficient (Wildman–Crippen LogP) is 3.46. The van der Waals surface area contributed by atoms with Crippen molar-refractivity contribution in [3.63, 3.8) is 0 Å². The average Bonchev–Trinajstić information content (AvgIpc) is 2.78. The molecule has 8 heteroatoms. The molecule has 0 unspecified atom stereocenters.